The van der Waals surface area contributed by atoms with Crippen LogP contribution in [0.3, 0.4) is 0 Å². The Morgan fingerprint density at radius 3 is 1.93 bits per heavy atom. The molecule has 0 aromatic heterocycles. The van der Waals surface area contributed by atoms with Crippen molar-refractivity contribution in [1.82, 2.24) is 0 Å². The molecule has 4 heteroatoms. The fourth-order valence-corrected chi connectivity index (χ4v) is 8.46. The second-order valence-corrected chi connectivity index (χ2v) is 14.6. The Morgan fingerprint density at radius 2 is 1.71 bits per heavy atom. The minimum atomic E-state index is -2.52. The van der Waals surface area contributed by atoms with Crippen molar-refractivity contribution in [3.63, 3.8) is 0 Å². The molecule has 0 aromatic carbocycles. The third kappa shape index (κ3) is 1.32. The molecule has 0 radical (unpaired) electrons. The van der Waals surface area contributed by atoms with Gasteiger partial charge in [0.1, 0.15) is 0 Å². The molecule has 0 amide bonds. The topological polar surface area (TPSA) is 0 Å². The average molecular weight is 272 g/mol. The Labute approximate surface area is 101 Å². The van der Waals surface area contributed by atoms with Crippen LogP contribution in [0.1, 0.15) is 40.0 Å². The standard InChI is InChI=1S/C10H17Cl3Si/c1-9(2)7-4-5-10(9,3)8(6-7)14(11,12)13/h7-8H,4-6H2,1-3H3. The highest BCUT2D eigenvalue weighted by Crippen LogP contribution is 2.73. The molecular formula is C10H17Cl3Si. The lowest BCUT2D eigenvalue weighted by atomic mass is 9.71. The van der Waals surface area contributed by atoms with Gasteiger partial charge in [-0.15, -0.1) is 33.2 Å². The summed E-state index contributed by atoms with van der Waals surface area (Å²) < 4.78 is 0. The normalized spacial score (nSPS) is 45.9. The molecular weight excluding hydrogens is 255 g/mol. The molecule has 2 fully saturated rings. The summed E-state index contributed by atoms with van der Waals surface area (Å²) in [6, 6.07) is -2.52. The van der Waals surface area contributed by atoms with Crippen LogP contribution in [0.4, 0.5) is 0 Å². The lowest BCUT2D eigenvalue weighted by Crippen LogP contribution is -2.37. The lowest BCUT2D eigenvalue weighted by molar-refractivity contribution is 0.152. The highest BCUT2D eigenvalue weighted by molar-refractivity contribution is 7.65. The van der Waals surface area contributed by atoms with Crippen molar-refractivity contribution in [2.24, 2.45) is 16.7 Å². The molecule has 3 atom stereocenters. The van der Waals surface area contributed by atoms with E-state index in [0.29, 0.717) is 11.0 Å². The molecule has 0 aliphatic heterocycles. The van der Waals surface area contributed by atoms with Gasteiger partial charge in [0, 0.05) is 5.54 Å². The summed E-state index contributed by atoms with van der Waals surface area (Å²) in [5.41, 5.74) is 1.01. The van der Waals surface area contributed by atoms with Crippen LogP contribution in [0.5, 0.6) is 0 Å². The van der Waals surface area contributed by atoms with Gasteiger partial charge in [0.05, 0.1) is 0 Å². The summed E-state index contributed by atoms with van der Waals surface area (Å²) in [7, 11) is 0. The summed E-state index contributed by atoms with van der Waals surface area (Å²) in [6.07, 6.45) is 3.72. The van der Waals surface area contributed by atoms with Crippen LogP contribution >= 0.6 is 33.2 Å². The predicted molar refractivity (Wildman–Crippen MR) is 66.3 cm³/mol. The van der Waals surface area contributed by atoms with Gasteiger partial charge in [-0.05, 0) is 36.0 Å². The Morgan fingerprint density at radius 1 is 1.14 bits per heavy atom. The van der Waals surface area contributed by atoms with E-state index in [0.717, 1.165) is 12.3 Å². The number of fused-ring (bicyclic) bond motifs is 2. The van der Waals surface area contributed by atoms with Crippen LogP contribution in [0, 0.1) is 16.7 Å². The SMILES string of the molecule is CC1(C)C2CCC1(C)C([Si](Cl)(Cl)Cl)C2. The largest absolute Gasteiger partial charge is 0.344 e. The molecule has 14 heavy (non-hydrogen) atoms. The molecule has 0 heterocycles. The van der Waals surface area contributed by atoms with Crippen LogP contribution in [0.2, 0.25) is 5.54 Å². The zero-order valence-corrected chi connectivity index (χ0v) is 12.2. The molecule has 0 N–H and O–H groups in total. The molecule has 0 saturated heterocycles. The predicted octanol–water partition coefficient (Wildman–Crippen LogP) is 4.86. The van der Waals surface area contributed by atoms with E-state index in [4.69, 9.17) is 33.2 Å². The van der Waals surface area contributed by atoms with E-state index < -0.39 is 6.00 Å². The van der Waals surface area contributed by atoms with Crippen molar-refractivity contribution in [2.45, 2.75) is 45.6 Å². The van der Waals surface area contributed by atoms with Crippen molar-refractivity contribution >= 4 is 39.2 Å². The maximum atomic E-state index is 6.22. The smallest absolute Gasteiger partial charge is 0.126 e. The summed E-state index contributed by atoms with van der Waals surface area (Å²) in [6.45, 7) is 7.05. The van der Waals surface area contributed by atoms with Gasteiger partial charge in [-0.1, -0.05) is 20.8 Å². The molecule has 2 aliphatic carbocycles. The monoisotopic (exact) mass is 270 g/mol. The van der Waals surface area contributed by atoms with E-state index in [1.807, 2.05) is 0 Å². The van der Waals surface area contributed by atoms with Gasteiger partial charge in [0.15, 0.2) is 0 Å². The number of hydrogen-bond acceptors (Lipinski definition) is 0. The summed E-state index contributed by atoms with van der Waals surface area (Å²) in [5.74, 6) is 0.778. The first kappa shape index (κ1) is 11.6. The van der Waals surface area contributed by atoms with Crippen molar-refractivity contribution in [3.05, 3.63) is 0 Å². The summed E-state index contributed by atoms with van der Waals surface area (Å²) in [5, 5.41) is 0. The Bertz CT molecular complexity index is 259. The Balaban J connectivity index is 2.37. The zero-order valence-electron chi connectivity index (χ0n) is 8.91. The maximum absolute atomic E-state index is 6.22. The van der Waals surface area contributed by atoms with Crippen LogP contribution in [-0.4, -0.2) is 6.00 Å². The minimum absolute atomic E-state index is 0.273. The van der Waals surface area contributed by atoms with Crippen LogP contribution in [-0.2, 0) is 0 Å². The third-order valence-electron chi connectivity index (χ3n) is 5.19. The van der Waals surface area contributed by atoms with Gasteiger partial charge < -0.3 is 0 Å². The first-order chi connectivity index (χ1) is 6.19. The summed E-state index contributed by atoms with van der Waals surface area (Å²) in [4.78, 5) is 0. The van der Waals surface area contributed by atoms with Gasteiger partial charge in [0.2, 0.25) is 0 Å². The van der Waals surface area contributed by atoms with E-state index >= 15 is 0 Å². The fourth-order valence-electron chi connectivity index (χ4n) is 3.70. The van der Waals surface area contributed by atoms with E-state index in [1.54, 1.807) is 0 Å². The molecule has 2 rings (SSSR count). The third-order valence-corrected chi connectivity index (χ3v) is 9.22. The molecule has 3 unspecified atom stereocenters. The van der Waals surface area contributed by atoms with E-state index in [9.17, 15) is 0 Å². The minimum Gasteiger partial charge on any atom is -0.126 e. The highest BCUT2D eigenvalue weighted by Gasteiger charge is 2.66. The Hall–Kier alpha value is 1.09. The maximum Gasteiger partial charge on any atom is 0.344 e. The number of hydrogen-bond donors (Lipinski definition) is 0. The molecule has 0 aromatic rings. The lowest BCUT2D eigenvalue weighted by Gasteiger charge is -2.41. The van der Waals surface area contributed by atoms with Gasteiger partial charge in [-0.3, -0.25) is 0 Å². The van der Waals surface area contributed by atoms with Crippen LogP contribution < -0.4 is 0 Å². The second kappa shape index (κ2) is 3.06. The number of rotatable bonds is 1. The van der Waals surface area contributed by atoms with Crippen LogP contribution in [0.15, 0.2) is 0 Å². The van der Waals surface area contributed by atoms with E-state index in [2.05, 4.69) is 20.8 Å². The molecule has 2 bridgehead atoms. The molecule has 0 nitrogen and oxygen atoms in total. The first-order valence-corrected chi connectivity index (χ1v) is 10.4. The molecule has 2 saturated carbocycles. The fraction of sp³-hybridized carbons (Fsp3) is 1.00. The van der Waals surface area contributed by atoms with Crippen molar-refractivity contribution in [1.29, 1.82) is 0 Å². The van der Waals surface area contributed by atoms with Gasteiger partial charge in [-0.2, -0.15) is 0 Å². The zero-order chi connectivity index (χ0) is 10.8. The van der Waals surface area contributed by atoms with Gasteiger partial charge in [-0.25, -0.2) is 0 Å². The van der Waals surface area contributed by atoms with Crippen molar-refractivity contribution in [3.8, 4) is 0 Å². The second-order valence-electron chi connectivity index (χ2n) is 5.70. The van der Waals surface area contributed by atoms with Crippen molar-refractivity contribution in [2.75, 3.05) is 0 Å². The highest BCUT2D eigenvalue weighted by atomic mass is 35.8. The van der Waals surface area contributed by atoms with Gasteiger partial charge in [0.25, 0.3) is 0 Å². The average Bonchev–Trinajstić information content (AvgIpc) is 2.32. The molecule has 0 spiro atoms. The van der Waals surface area contributed by atoms with Gasteiger partial charge >= 0.3 is 6.00 Å². The quantitative estimate of drug-likeness (QED) is 0.472. The molecule has 82 valence electrons. The van der Waals surface area contributed by atoms with E-state index in [1.165, 1.54) is 12.8 Å². The van der Waals surface area contributed by atoms with Crippen LogP contribution in [0.25, 0.3) is 0 Å². The summed E-state index contributed by atoms with van der Waals surface area (Å²) >= 11 is 18.7. The first-order valence-electron chi connectivity index (χ1n) is 5.26. The molecule has 2 aliphatic rings. The number of halogens is 3. The van der Waals surface area contributed by atoms with E-state index in [-0.39, 0.29) is 5.41 Å². The van der Waals surface area contributed by atoms with Crippen molar-refractivity contribution < 1.29 is 0 Å². The Kier molecular flexibility index (Phi) is 2.53.